The molecule has 0 saturated heterocycles. The van der Waals surface area contributed by atoms with Gasteiger partial charge >= 0.3 is 24.0 Å². The summed E-state index contributed by atoms with van der Waals surface area (Å²) in [6.45, 7) is 0. The van der Waals surface area contributed by atoms with Gasteiger partial charge in [-0.15, -0.1) is 0 Å². The summed E-state index contributed by atoms with van der Waals surface area (Å²) < 4.78 is 106. The molecule has 2 nitrogen and oxygen atoms in total. The molecule has 0 amide bonds. The van der Waals surface area contributed by atoms with Gasteiger partial charge in [-0.25, -0.2) is 13.6 Å². The van der Waals surface area contributed by atoms with Gasteiger partial charge in [0.1, 0.15) is 5.82 Å². The van der Waals surface area contributed by atoms with Gasteiger partial charge < -0.3 is 4.74 Å². The van der Waals surface area contributed by atoms with E-state index >= 15 is 0 Å². The van der Waals surface area contributed by atoms with E-state index in [0.717, 1.165) is 7.11 Å². The summed E-state index contributed by atoms with van der Waals surface area (Å²) in [6, 6.07) is 0.339. The second kappa shape index (κ2) is 5.15. The van der Waals surface area contributed by atoms with Crippen LogP contribution in [0.4, 0.5) is 35.1 Å². The van der Waals surface area contributed by atoms with E-state index in [1.807, 2.05) is 0 Å². The molecule has 1 aromatic carbocycles. The fraction of sp³-hybridized carbons (Fsp3) is 0.364. The first-order valence-electron chi connectivity index (χ1n) is 5.07. The molecule has 118 valence electrons. The fourth-order valence-electron chi connectivity index (χ4n) is 1.51. The molecule has 21 heavy (non-hydrogen) atoms. The van der Waals surface area contributed by atoms with Gasteiger partial charge in [0.2, 0.25) is 0 Å². The molecule has 0 aliphatic heterocycles. The third kappa shape index (κ3) is 2.79. The SMILES string of the molecule is COC(=O)c1ccc(C(F)(C(F)(F)F)C(F)(F)F)c(F)c1. The highest BCUT2D eigenvalue weighted by Gasteiger charge is 2.74. The van der Waals surface area contributed by atoms with Crippen LogP contribution >= 0.6 is 0 Å². The summed E-state index contributed by atoms with van der Waals surface area (Å²) in [5, 5.41) is 0. The van der Waals surface area contributed by atoms with Gasteiger partial charge in [-0.3, -0.25) is 0 Å². The molecule has 0 bridgehead atoms. The fourth-order valence-corrected chi connectivity index (χ4v) is 1.51. The minimum Gasteiger partial charge on any atom is -0.465 e. The lowest BCUT2D eigenvalue weighted by Gasteiger charge is -2.30. The van der Waals surface area contributed by atoms with Crippen LogP contribution in [0.25, 0.3) is 0 Å². The highest BCUT2D eigenvalue weighted by Crippen LogP contribution is 2.53. The molecule has 0 saturated carbocycles. The summed E-state index contributed by atoms with van der Waals surface area (Å²) >= 11 is 0. The van der Waals surface area contributed by atoms with E-state index in [-0.39, 0.29) is 12.1 Å². The van der Waals surface area contributed by atoms with Crippen LogP contribution in [0.3, 0.4) is 0 Å². The molecule has 0 unspecified atom stereocenters. The van der Waals surface area contributed by atoms with Gasteiger partial charge in [0.25, 0.3) is 0 Å². The lowest BCUT2D eigenvalue weighted by atomic mass is 9.92. The zero-order chi connectivity index (χ0) is 16.6. The Labute approximate surface area is 112 Å². The van der Waals surface area contributed by atoms with E-state index in [2.05, 4.69) is 4.74 Å². The van der Waals surface area contributed by atoms with Crippen LogP contribution in [0.2, 0.25) is 0 Å². The Morgan fingerprint density at radius 2 is 1.48 bits per heavy atom. The van der Waals surface area contributed by atoms with E-state index in [1.54, 1.807) is 0 Å². The van der Waals surface area contributed by atoms with Crippen molar-refractivity contribution >= 4 is 5.97 Å². The molecule has 0 heterocycles. The summed E-state index contributed by atoms with van der Waals surface area (Å²) in [6.07, 6.45) is -12.9. The van der Waals surface area contributed by atoms with E-state index in [0.29, 0.717) is 6.07 Å². The standard InChI is InChI=1S/C11H6F8O2/c1-21-8(20)5-2-3-6(7(12)4-5)9(13,10(14,15)16)11(17,18)19/h2-4H,1H3. The number of alkyl halides is 7. The predicted octanol–water partition coefficient (Wildman–Crippen LogP) is 3.90. The van der Waals surface area contributed by atoms with Gasteiger partial charge in [0.05, 0.1) is 12.7 Å². The number of hydrogen-bond donors (Lipinski definition) is 0. The maximum absolute atomic E-state index is 13.6. The maximum Gasteiger partial charge on any atom is 0.436 e. The average Bonchev–Trinajstić information content (AvgIpc) is 2.34. The van der Waals surface area contributed by atoms with Gasteiger partial charge in [0.15, 0.2) is 0 Å². The normalized spacial score (nSPS) is 13.2. The molecular formula is C11H6F8O2. The quantitative estimate of drug-likeness (QED) is 0.610. The molecule has 0 aliphatic carbocycles. The second-order valence-electron chi connectivity index (χ2n) is 3.84. The molecule has 0 spiro atoms. The average molecular weight is 322 g/mol. The molecule has 0 atom stereocenters. The van der Waals surface area contributed by atoms with Crippen LogP contribution in [0.5, 0.6) is 0 Å². The number of halogens is 8. The zero-order valence-electron chi connectivity index (χ0n) is 10.1. The third-order valence-electron chi connectivity index (χ3n) is 2.54. The molecule has 10 heteroatoms. The van der Waals surface area contributed by atoms with Crippen molar-refractivity contribution in [3.8, 4) is 0 Å². The Balaban J connectivity index is 3.52. The number of esters is 1. The zero-order valence-corrected chi connectivity index (χ0v) is 10.1. The molecular weight excluding hydrogens is 316 g/mol. The lowest BCUT2D eigenvalue weighted by molar-refractivity contribution is -0.349. The van der Waals surface area contributed by atoms with Crippen molar-refractivity contribution in [2.24, 2.45) is 0 Å². The molecule has 0 N–H and O–H groups in total. The Morgan fingerprint density at radius 1 is 1.00 bits per heavy atom. The molecule has 0 fully saturated rings. The van der Waals surface area contributed by atoms with Crippen molar-refractivity contribution in [3.05, 3.63) is 35.1 Å². The van der Waals surface area contributed by atoms with Crippen molar-refractivity contribution in [2.45, 2.75) is 18.0 Å². The highest BCUT2D eigenvalue weighted by atomic mass is 19.4. The first-order chi connectivity index (χ1) is 9.36. The third-order valence-corrected chi connectivity index (χ3v) is 2.54. The number of rotatable bonds is 2. The number of methoxy groups -OCH3 is 1. The van der Waals surface area contributed by atoms with Crippen LogP contribution in [0.1, 0.15) is 15.9 Å². The maximum atomic E-state index is 13.6. The molecule has 1 aromatic rings. The molecule has 0 aliphatic rings. The summed E-state index contributed by atoms with van der Waals surface area (Å²) in [4.78, 5) is 11.0. The van der Waals surface area contributed by atoms with E-state index in [9.17, 15) is 39.9 Å². The van der Waals surface area contributed by atoms with E-state index in [4.69, 9.17) is 0 Å². The molecule has 0 aromatic heterocycles. The topological polar surface area (TPSA) is 26.3 Å². The van der Waals surface area contributed by atoms with E-state index in [1.165, 1.54) is 0 Å². The number of hydrogen-bond acceptors (Lipinski definition) is 2. The number of carbonyl (C=O) groups excluding carboxylic acids is 1. The smallest absolute Gasteiger partial charge is 0.436 e. The molecule has 0 radical (unpaired) electrons. The van der Waals surface area contributed by atoms with Gasteiger partial charge in [-0.2, -0.15) is 26.3 Å². The van der Waals surface area contributed by atoms with Crippen LogP contribution in [0, 0.1) is 5.82 Å². The minimum absolute atomic E-state index is 0.0347. The predicted molar refractivity (Wildman–Crippen MR) is 52.6 cm³/mol. The first-order valence-corrected chi connectivity index (χ1v) is 5.07. The monoisotopic (exact) mass is 322 g/mol. The second-order valence-corrected chi connectivity index (χ2v) is 3.84. The number of carbonyl (C=O) groups is 1. The first kappa shape index (κ1) is 17.2. The lowest BCUT2D eigenvalue weighted by Crippen LogP contribution is -2.51. The van der Waals surface area contributed by atoms with Crippen LogP contribution in [-0.2, 0) is 10.4 Å². The van der Waals surface area contributed by atoms with Crippen LogP contribution in [-0.4, -0.2) is 25.4 Å². The summed E-state index contributed by atoms with van der Waals surface area (Å²) in [5.74, 6) is -3.38. The highest BCUT2D eigenvalue weighted by molar-refractivity contribution is 5.89. The van der Waals surface area contributed by atoms with Gasteiger partial charge in [-0.1, -0.05) is 6.07 Å². The van der Waals surface area contributed by atoms with Crippen molar-refractivity contribution in [1.29, 1.82) is 0 Å². The Morgan fingerprint density at radius 3 is 1.81 bits per heavy atom. The number of benzene rings is 1. The summed E-state index contributed by atoms with van der Waals surface area (Å²) in [7, 11) is 0.860. The number of ether oxygens (including phenoxy) is 1. The van der Waals surface area contributed by atoms with E-state index < -0.39 is 40.9 Å². The summed E-state index contributed by atoms with van der Waals surface area (Å²) in [5.41, 5.74) is -8.83. The van der Waals surface area contributed by atoms with Crippen molar-refractivity contribution in [2.75, 3.05) is 7.11 Å². The Hall–Kier alpha value is -1.87. The minimum atomic E-state index is -6.43. The Kier molecular flexibility index (Phi) is 4.22. The molecule has 1 rings (SSSR count). The van der Waals surface area contributed by atoms with Crippen molar-refractivity contribution in [1.82, 2.24) is 0 Å². The van der Waals surface area contributed by atoms with Crippen molar-refractivity contribution < 1.29 is 44.7 Å². The van der Waals surface area contributed by atoms with Crippen molar-refractivity contribution in [3.63, 3.8) is 0 Å². The van der Waals surface area contributed by atoms with Gasteiger partial charge in [-0.05, 0) is 12.1 Å². The Bertz CT molecular complexity index is 532. The van der Waals surface area contributed by atoms with Gasteiger partial charge in [0, 0.05) is 5.56 Å². The van der Waals surface area contributed by atoms with Crippen LogP contribution in [0.15, 0.2) is 18.2 Å². The van der Waals surface area contributed by atoms with Crippen LogP contribution < -0.4 is 0 Å². The largest absolute Gasteiger partial charge is 0.465 e.